The first-order valence-corrected chi connectivity index (χ1v) is 8.61. The van der Waals surface area contributed by atoms with Crippen molar-refractivity contribution in [3.05, 3.63) is 63.7 Å². The molecule has 24 heavy (non-hydrogen) atoms. The van der Waals surface area contributed by atoms with Crippen LogP contribution in [-0.2, 0) is 6.42 Å². The van der Waals surface area contributed by atoms with Gasteiger partial charge in [-0.1, -0.05) is 34.9 Å². The number of aromatic nitrogens is 2. The normalized spacial score (nSPS) is 13.0. The Balaban J connectivity index is 1.94. The predicted octanol–water partition coefficient (Wildman–Crippen LogP) is 5.09. The lowest BCUT2D eigenvalue weighted by Gasteiger charge is -2.10. The molecule has 0 aliphatic carbocycles. The smallest absolute Gasteiger partial charge is 0.133 e. The largest absolute Gasteiger partial charge is 0.369 e. The lowest BCUT2D eigenvalue weighted by Crippen LogP contribution is -2.05. The van der Waals surface area contributed by atoms with E-state index in [9.17, 15) is 0 Å². The van der Waals surface area contributed by atoms with Crippen molar-refractivity contribution in [1.82, 2.24) is 9.78 Å². The van der Waals surface area contributed by atoms with Gasteiger partial charge in [0.2, 0.25) is 0 Å². The third kappa shape index (κ3) is 2.49. The quantitative estimate of drug-likeness (QED) is 0.706. The molecule has 0 bridgehead atoms. The number of nitrogens with zero attached hydrogens (tertiary/aromatic N) is 2. The van der Waals surface area contributed by atoms with Gasteiger partial charge in [-0.25, -0.2) is 4.68 Å². The Kier molecular flexibility index (Phi) is 3.61. The van der Waals surface area contributed by atoms with Crippen LogP contribution in [0.25, 0.3) is 16.9 Å². The molecule has 2 heterocycles. The molecular formula is C20H20ClN3. The minimum absolute atomic E-state index is 0.728. The molecule has 0 amide bonds. The molecule has 1 aliphatic rings. The van der Waals surface area contributed by atoms with Gasteiger partial charge in [-0.05, 0) is 57.0 Å². The number of hydrogen-bond acceptors (Lipinski definition) is 2. The molecule has 0 unspecified atom stereocenters. The fourth-order valence-corrected chi connectivity index (χ4v) is 3.67. The van der Waals surface area contributed by atoms with Crippen LogP contribution in [0.3, 0.4) is 0 Å². The topological polar surface area (TPSA) is 29.9 Å². The molecule has 4 heteroatoms. The highest BCUT2D eigenvalue weighted by molar-refractivity contribution is 6.30. The third-order valence-corrected chi connectivity index (χ3v) is 4.78. The van der Waals surface area contributed by atoms with Crippen LogP contribution < -0.4 is 5.32 Å². The first-order chi connectivity index (χ1) is 11.5. The molecule has 1 aliphatic heterocycles. The van der Waals surface area contributed by atoms with E-state index in [2.05, 4.69) is 44.3 Å². The Hall–Kier alpha value is -2.26. The zero-order valence-electron chi connectivity index (χ0n) is 14.2. The molecule has 0 saturated heterocycles. The molecule has 0 spiro atoms. The molecule has 1 aromatic heterocycles. The molecule has 0 radical (unpaired) electrons. The molecule has 2 aromatic carbocycles. The molecular weight excluding hydrogens is 318 g/mol. The number of hydrogen-bond donors (Lipinski definition) is 1. The maximum absolute atomic E-state index is 6.22. The average Bonchev–Trinajstić information content (AvgIpc) is 3.11. The Labute approximate surface area is 147 Å². The van der Waals surface area contributed by atoms with Gasteiger partial charge >= 0.3 is 0 Å². The predicted molar refractivity (Wildman–Crippen MR) is 100 cm³/mol. The van der Waals surface area contributed by atoms with Crippen molar-refractivity contribution in [3.8, 4) is 16.9 Å². The summed E-state index contributed by atoms with van der Waals surface area (Å²) in [4.78, 5) is 0. The fourth-order valence-electron chi connectivity index (χ4n) is 3.50. The van der Waals surface area contributed by atoms with Crippen molar-refractivity contribution in [2.75, 3.05) is 11.9 Å². The minimum atomic E-state index is 0.728. The number of aryl methyl sites for hydroxylation is 3. The van der Waals surface area contributed by atoms with Crippen LogP contribution in [-0.4, -0.2) is 16.3 Å². The maximum Gasteiger partial charge on any atom is 0.133 e. The standard InChI is InChI=1S/C20H20ClN3/c1-12-8-13(2)10-15(9-12)19-17-6-7-22-20(17)24(23-19)18-11-16(21)5-4-14(18)3/h4-5,8-11,22H,6-7H2,1-3H3. The molecule has 4 rings (SSSR count). The van der Waals surface area contributed by atoms with Crippen LogP contribution in [0, 0.1) is 20.8 Å². The van der Waals surface area contributed by atoms with E-state index in [1.807, 2.05) is 22.9 Å². The van der Waals surface area contributed by atoms with E-state index in [1.165, 1.54) is 22.3 Å². The van der Waals surface area contributed by atoms with Crippen molar-refractivity contribution < 1.29 is 0 Å². The monoisotopic (exact) mass is 337 g/mol. The molecule has 0 saturated carbocycles. The highest BCUT2D eigenvalue weighted by atomic mass is 35.5. The van der Waals surface area contributed by atoms with Gasteiger partial charge in [-0.2, -0.15) is 5.10 Å². The third-order valence-electron chi connectivity index (χ3n) is 4.55. The van der Waals surface area contributed by atoms with Crippen molar-refractivity contribution in [2.45, 2.75) is 27.2 Å². The molecule has 0 atom stereocenters. The lowest BCUT2D eigenvalue weighted by molar-refractivity contribution is 0.875. The summed E-state index contributed by atoms with van der Waals surface area (Å²) in [5, 5.41) is 9.17. The van der Waals surface area contributed by atoms with Gasteiger partial charge in [0.1, 0.15) is 5.82 Å². The molecule has 1 N–H and O–H groups in total. The van der Waals surface area contributed by atoms with E-state index in [4.69, 9.17) is 16.7 Å². The fraction of sp³-hybridized carbons (Fsp3) is 0.250. The summed E-state index contributed by atoms with van der Waals surface area (Å²) in [6.07, 6.45) is 0.997. The molecule has 0 fully saturated rings. The van der Waals surface area contributed by atoms with Crippen molar-refractivity contribution in [2.24, 2.45) is 0 Å². The molecule has 3 aromatic rings. The van der Waals surface area contributed by atoms with E-state index in [0.717, 1.165) is 40.8 Å². The van der Waals surface area contributed by atoms with Gasteiger partial charge < -0.3 is 5.32 Å². The average molecular weight is 338 g/mol. The first-order valence-electron chi connectivity index (χ1n) is 8.24. The number of rotatable bonds is 2. The highest BCUT2D eigenvalue weighted by Gasteiger charge is 2.24. The van der Waals surface area contributed by atoms with E-state index < -0.39 is 0 Å². The summed E-state index contributed by atoms with van der Waals surface area (Å²) in [5.74, 6) is 1.09. The van der Waals surface area contributed by atoms with Gasteiger partial charge in [-0.3, -0.25) is 0 Å². The molecule has 122 valence electrons. The van der Waals surface area contributed by atoms with Gasteiger partial charge in [0.05, 0.1) is 11.4 Å². The van der Waals surface area contributed by atoms with Crippen molar-refractivity contribution >= 4 is 17.4 Å². The van der Waals surface area contributed by atoms with Crippen LogP contribution in [0.5, 0.6) is 0 Å². The summed E-state index contributed by atoms with van der Waals surface area (Å²) >= 11 is 6.22. The van der Waals surface area contributed by atoms with Crippen LogP contribution in [0.15, 0.2) is 36.4 Å². The Morgan fingerprint density at radius 1 is 1.04 bits per heavy atom. The highest BCUT2D eigenvalue weighted by Crippen LogP contribution is 2.36. The van der Waals surface area contributed by atoms with Crippen molar-refractivity contribution in [1.29, 1.82) is 0 Å². The van der Waals surface area contributed by atoms with Gasteiger partial charge in [-0.15, -0.1) is 0 Å². The second kappa shape index (κ2) is 5.67. The Morgan fingerprint density at radius 3 is 2.54 bits per heavy atom. The lowest BCUT2D eigenvalue weighted by atomic mass is 10.0. The first kappa shape index (κ1) is 15.3. The summed E-state index contributed by atoms with van der Waals surface area (Å²) in [6.45, 7) is 7.30. The Bertz CT molecular complexity index is 920. The van der Waals surface area contributed by atoms with Crippen LogP contribution in [0.1, 0.15) is 22.3 Å². The van der Waals surface area contributed by atoms with E-state index in [-0.39, 0.29) is 0 Å². The number of benzene rings is 2. The number of halogens is 1. The number of fused-ring (bicyclic) bond motifs is 1. The SMILES string of the molecule is Cc1cc(C)cc(-c2nn(-c3cc(Cl)ccc3C)c3c2CCN3)c1. The second-order valence-corrected chi connectivity index (χ2v) is 7.01. The number of anilines is 1. The van der Waals surface area contributed by atoms with E-state index >= 15 is 0 Å². The van der Waals surface area contributed by atoms with Crippen LogP contribution in [0.4, 0.5) is 5.82 Å². The Morgan fingerprint density at radius 2 is 1.79 bits per heavy atom. The van der Waals surface area contributed by atoms with Crippen molar-refractivity contribution in [3.63, 3.8) is 0 Å². The summed E-state index contributed by atoms with van der Waals surface area (Å²) < 4.78 is 2.01. The van der Waals surface area contributed by atoms with Crippen LogP contribution >= 0.6 is 11.6 Å². The van der Waals surface area contributed by atoms with Gasteiger partial charge in [0, 0.05) is 22.7 Å². The summed E-state index contributed by atoms with van der Waals surface area (Å²) in [5.41, 5.74) is 8.26. The number of nitrogens with one attached hydrogen (secondary N) is 1. The van der Waals surface area contributed by atoms with Crippen LogP contribution in [0.2, 0.25) is 5.02 Å². The zero-order chi connectivity index (χ0) is 16.8. The minimum Gasteiger partial charge on any atom is -0.369 e. The summed E-state index contributed by atoms with van der Waals surface area (Å²) in [6, 6.07) is 12.6. The van der Waals surface area contributed by atoms with Gasteiger partial charge in [0.15, 0.2) is 0 Å². The zero-order valence-corrected chi connectivity index (χ0v) is 14.9. The van der Waals surface area contributed by atoms with E-state index in [1.54, 1.807) is 0 Å². The van der Waals surface area contributed by atoms with E-state index in [0.29, 0.717) is 0 Å². The summed E-state index contributed by atoms with van der Waals surface area (Å²) in [7, 11) is 0. The second-order valence-electron chi connectivity index (χ2n) is 6.57. The molecule has 3 nitrogen and oxygen atoms in total. The maximum atomic E-state index is 6.22. The van der Waals surface area contributed by atoms with Gasteiger partial charge in [0.25, 0.3) is 0 Å².